The van der Waals surface area contributed by atoms with E-state index in [1.165, 1.54) is 6.33 Å². The minimum absolute atomic E-state index is 0.0533. The smallest absolute Gasteiger partial charge is 0.407 e. The number of rotatable bonds is 2. The van der Waals surface area contributed by atoms with Gasteiger partial charge in [-0.25, -0.2) is 18.6 Å². The van der Waals surface area contributed by atoms with Crippen molar-refractivity contribution in [1.29, 1.82) is 5.26 Å². The van der Waals surface area contributed by atoms with Crippen molar-refractivity contribution in [1.82, 2.24) is 14.9 Å². The van der Waals surface area contributed by atoms with Crippen LogP contribution < -0.4 is 5.32 Å². The van der Waals surface area contributed by atoms with Crippen LogP contribution in [-0.2, 0) is 11.3 Å². The van der Waals surface area contributed by atoms with E-state index < -0.39 is 23.5 Å². The fraction of sp³-hybridized carbons (Fsp3) is 0.471. The monoisotopic (exact) mass is 346 g/mol. The number of hydrogen-bond donors (Lipinski definition) is 1. The number of imidazole rings is 1. The summed E-state index contributed by atoms with van der Waals surface area (Å²) < 4.78 is 35.9. The van der Waals surface area contributed by atoms with Crippen LogP contribution in [-0.4, -0.2) is 33.7 Å². The Labute approximate surface area is 142 Å². The van der Waals surface area contributed by atoms with Gasteiger partial charge in [0.25, 0.3) is 5.92 Å². The second-order valence-corrected chi connectivity index (χ2v) is 6.80. The van der Waals surface area contributed by atoms with E-state index in [0.29, 0.717) is 16.6 Å². The molecule has 1 spiro atoms. The van der Waals surface area contributed by atoms with Gasteiger partial charge in [0.15, 0.2) is 0 Å². The molecule has 1 amide bonds. The van der Waals surface area contributed by atoms with E-state index in [1.807, 2.05) is 6.07 Å². The zero-order valence-corrected chi connectivity index (χ0v) is 13.3. The van der Waals surface area contributed by atoms with Crippen LogP contribution in [0.25, 0.3) is 11.0 Å². The van der Waals surface area contributed by atoms with Crippen LogP contribution in [0.5, 0.6) is 0 Å². The number of carbonyl (C=O) groups excluding carboxylic acids is 1. The maximum Gasteiger partial charge on any atom is 0.407 e. The quantitative estimate of drug-likeness (QED) is 0.907. The highest BCUT2D eigenvalue weighted by Crippen LogP contribution is 2.46. The fourth-order valence-electron chi connectivity index (χ4n) is 3.76. The predicted molar refractivity (Wildman–Crippen MR) is 84.0 cm³/mol. The standard InChI is InChI=1S/C17H16F2N4O2/c18-17(19)4-3-16(9-21-15(24)25-16)6-12(17)8-23-10-22-13-2-1-11(7-20)5-14(13)23/h1-2,5,10,12H,3-4,6,8-9H2,(H,21,24)/t12?,16-/m0/s1. The molecule has 1 N–H and O–H groups in total. The minimum atomic E-state index is -2.84. The van der Waals surface area contributed by atoms with Crippen LogP contribution in [0.1, 0.15) is 24.8 Å². The average molecular weight is 346 g/mol. The third-order valence-electron chi connectivity index (χ3n) is 5.16. The number of benzene rings is 1. The first-order chi connectivity index (χ1) is 11.9. The Morgan fingerprint density at radius 1 is 1.44 bits per heavy atom. The lowest BCUT2D eigenvalue weighted by molar-refractivity contribution is -0.139. The van der Waals surface area contributed by atoms with E-state index >= 15 is 0 Å². The van der Waals surface area contributed by atoms with E-state index in [2.05, 4.69) is 10.3 Å². The van der Waals surface area contributed by atoms with Crippen molar-refractivity contribution in [2.75, 3.05) is 6.54 Å². The second kappa shape index (κ2) is 5.41. The first-order valence-corrected chi connectivity index (χ1v) is 8.10. The van der Waals surface area contributed by atoms with Gasteiger partial charge < -0.3 is 14.6 Å². The van der Waals surface area contributed by atoms with E-state index in [4.69, 9.17) is 10.00 Å². The minimum Gasteiger partial charge on any atom is -0.441 e. The SMILES string of the molecule is N#Cc1ccc2ncn(CC3C[C@@]4(CCC3(F)F)CNC(=O)O4)c2c1. The van der Waals surface area contributed by atoms with Gasteiger partial charge in [0.2, 0.25) is 0 Å². The number of alkyl carbamates (subject to hydrolysis) is 1. The maximum atomic E-state index is 14.5. The molecular weight excluding hydrogens is 330 g/mol. The summed E-state index contributed by atoms with van der Waals surface area (Å²) in [6.45, 7) is 0.319. The molecule has 2 aliphatic rings. The molecule has 2 atom stereocenters. The third-order valence-corrected chi connectivity index (χ3v) is 5.16. The van der Waals surface area contributed by atoms with Crippen LogP contribution >= 0.6 is 0 Å². The van der Waals surface area contributed by atoms with Gasteiger partial charge in [0.05, 0.1) is 35.5 Å². The highest BCUT2D eigenvalue weighted by molar-refractivity contribution is 5.77. The van der Waals surface area contributed by atoms with Crippen molar-refractivity contribution >= 4 is 17.1 Å². The number of nitriles is 1. The first-order valence-electron chi connectivity index (χ1n) is 8.10. The number of nitrogens with one attached hydrogen (secondary N) is 1. The lowest BCUT2D eigenvalue weighted by atomic mass is 9.75. The molecular formula is C17H16F2N4O2. The van der Waals surface area contributed by atoms with E-state index in [-0.39, 0.29) is 32.4 Å². The van der Waals surface area contributed by atoms with Crippen LogP contribution in [0.15, 0.2) is 24.5 Å². The van der Waals surface area contributed by atoms with Gasteiger partial charge in [-0.3, -0.25) is 0 Å². The summed E-state index contributed by atoms with van der Waals surface area (Å²) in [4.78, 5) is 15.6. The van der Waals surface area contributed by atoms with Crippen molar-refractivity contribution in [2.45, 2.75) is 37.3 Å². The summed E-state index contributed by atoms with van der Waals surface area (Å²) in [5.74, 6) is -3.82. The Morgan fingerprint density at radius 2 is 2.28 bits per heavy atom. The van der Waals surface area contributed by atoms with Gasteiger partial charge in [-0.05, 0) is 31.0 Å². The summed E-state index contributed by atoms with van der Waals surface area (Å²) in [6.07, 6.45) is 0.898. The highest BCUT2D eigenvalue weighted by atomic mass is 19.3. The van der Waals surface area contributed by atoms with Crippen LogP contribution in [0.3, 0.4) is 0 Å². The van der Waals surface area contributed by atoms with Crippen molar-refractivity contribution < 1.29 is 18.3 Å². The van der Waals surface area contributed by atoms with Crippen LogP contribution in [0.4, 0.5) is 13.6 Å². The molecule has 2 aromatic rings. The van der Waals surface area contributed by atoms with Crippen molar-refractivity contribution in [2.24, 2.45) is 5.92 Å². The molecule has 0 radical (unpaired) electrons. The van der Waals surface area contributed by atoms with E-state index in [1.54, 1.807) is 22.8 Å². The van der Waals surface area contributed by atoms with Gasteiger partial charge in [-0.1, -0.05) is 0 Å². The number of aromatic nitrogens is 2. The van der Waals surface area contributed by atoms with Gasteiger partial charge in [-0.15, -0.1) is 0 Å². The molecule has 2 heterocycles. The van der Waals surface area contributed by atoms with Gasteiger partial charge in [0.1, 0.15) is 5.60 Å². The maximum absolute atomic E-state index is 14.5. The lowest BCUT2D eigenvalue weighted by Crippen LogP contribution is -2.48. The molecule has 1 aromatic carbocycles. The molecule has 8 heteroatoms. The molecule has 1 aliphatic heterocycles. The summed E-state index contributed by atoms with van der Waals surface area (Å²) in [5.41, 5.74) is 0.908. The highest BCUT2D eigenvalue weighted by Gasteiger charge is 2.54. The van der Waals surface area contributed by atoms with Crippen LogP contribution in [0, 0.1) is 17.2 Å². The molecule has 2 fully saturated rings. The Hall–Kier alpha value is -2.69. The molecule has 1 saturated heterocycles. The normalized spacial score (nSPS) is 27.9. The number of nitrogens with zero attached hydrogens (tertiary/aromatic N) is 3. The van der Waals surface area contributed by atoms with Crippen LogP contribution in [0.2, 0.25) is 0 Å². The van der Waals surface area contributed by atoms with Crippen molar-refractivity contribution in [3.63, 3.8) is 0 Å². The van der Waals surface area contributed by atoms with E-state index in [9.17, 15) is 13.6 Å². The summed E-state index contributed by atoms with van der Waals surface area (Å²) in [5, 5.41) is 11.6. The first kappa shape index (κ1) is 15.8. The summed E-state index contributed by atoms with van der Waals surface area (Å²) >= 11 is 0. The third kappa shape index (κ3) is 2.69. The van der Waals surface area contributed by atoms with E-state index in [0.717, 1.165) is 0 Å². The predicted octanol–water partition coefficient (Wildman–Crippen LogP) is 2.82. The molecule has 25 heavy (non-hydrogen) atoms. The molecule has 4 rings (SSSR count). The molecule has 6 nitrogen and oxygen atoms in total. The molecule has 130 valence electrons. The van der Waals surface area contributed by atoms with Gasteiger partial charge >= 0.3 is 6.09 Å². The number of amides is 1. The largest absolute Gasteiger partial charge is 0.441 e. The fourth-order valence-corrected chi connectivity index (χ4v) is 3.76. The number of alkyl halides is 2. The lowest BCUT2D eigenvalue weighted by Gasteiger charge is -2.40. The topological polar surface area (TPSA) is 79.9 Å². The molecule has 1 aliphatic carbocycles. The second-order valence-electron chi connectivity index (χ2n) is 6.80. The van der Waals surface area contributed by atoms with Crippen molar-refractivity contribution in [3.05, 3.63) is 30.1 Å². The van der Waals surface area contributed by atoms with Crippen molar-refractivity contribution in [3.8, 4) is 6.07 Å². The Balaban J connectivity index is 1.64. The Morgan fingerprint density at radius 3 is 3.00 bits per heavy atom. The average Bonchev–Trinajstić information content (AvgIpc) is 3.15. The number of carbonyl (C=O) groups is 1. The molecule has 1 saturated carbocycles. The molecule has 1 aromatic heterocycles. The van der Waals surface area contributed by atoms with Gasteiger partial charge in [-0.2, -0.15) is 5.26 Å². The Bertz CT molecular complexity index is 888. The number of hydrogen-bond acceptors (Lipinski definition) is 4. The summed E-state index contributed by atoms with van der Waals surface area (Å²) in [6, 6.07) is 7.04. The Kier molecular flexibility index (Phi) is 3.42. The number of halogens is 2. The molecule has 0 bridgehead atoms. The van der Waals surface area contributed by atoms with Gasteiger partial charge in [0, 0.05) is 18.9 Å². The summed E-state index contributed by atoms with van der Waals surface area (Å²) in [7, 11) is 0. The zero-order chi connectivity index (χ0) is 17.7. The number of fused-ring (bicyclic) bond motifs is 1. The molecule has 1 unspecified atom stereocenters. The zero-order valence-electron chi connectivity index (χ0n) is 13.3. The number of ether oxygens (including phenoxy) is 1.